The van der Waals surface area contributed by atoms with Crippen molar-refractivity contribution in [1.82, 2.24) is 20.6 Å². The number of fused-ring (bicyclic) bond motifs is 1. The van der Waals surface area contributed by atoms with Gasteiger partial charge in [0, 0.05) is 49.1 Å². The molecule has 3 rings (SSSR count). The lowest BCUT2D eigenvalue weighted by molar-refractivity contribution is 0.784. The van der Waals surface area contributed by atoms with Crippen molar-refractivity contribution >= 4 is 40.8 Å². The van der Waals surface area contributed by atoms with Gasteiger partial charge in [-0.1, -0.05) is 31.2 Å². The molecule has 0 unspecified atom stereocenters. The Morgan fingerprint density at radius 2 is 1.86 bits per heavy atom. The first kappa shape index (κ1) is 22.2. The van der Waals surface area contributed by atoms with Crippen molar-refractivity contribution in [2.75, 3.05) is 20.1 Å². The van der Waals surface area contributed by atoms with Gasteiger partial charge in [0.25, 0.3) is 0 Å². The van der Waals surface area contributed by atoms with Crippen LogP contribution in [0.3, 0.4) is 0 Å². The van der Waals surface area contributed by atoms with Gasteiger partial charge in [0.2, 0.25) is 0 Å². The second-order valence-corrected chi connectivity index (χ2v) is 6.74. The molecule has 0 aliphatic rings. The number of nitrogens with one attached hydrogen (secondary N) is 3. The van der Waals surface area contributed by atoms with Gasteiger partial charge in [0.1, 0.15) is 0 Å². The van der Waals surface area contributed by atoms with Crippen molar-refractivity contribution in [3.05, 3.63) is 65.1 Å². The minimum absolute atomic E-state index is 0. The van der Waals surface area contributed by atoms with Crippen LogP contribution in [0.5, 0.6) is 0 Å². The molecule has 3 N–H and O–H groups in total. The van der Waals surface area contributed by atoms with E-state index < -0.39 is 0 Å². The summed E-state index contributed by atoms with van der Waals surface area (Å²) in [5.41, 5.74) is 6.26. The summed E-state index contributed by atoms with van der Waals surface area (Å²) < 4.78 is 0. The summed E-state index contributed by atoms with van der Waals surface area (Å²) in [7, 11) is 1.81. The molecule has 5 nitrogen and oxygen atoms in total. The Bertz CT molecular complexity index is 899. The van der Waals surface area contributed by atoms with Gasteiger partial charge in [-0.15, -0.1) is 24.0 Å². The molecule has 150 valence electrons. The number of nitrogens with zero attached hydrogens (tertiary/aromatic N) is 2. The lowest BCUT2D eigenvalue weighted by atomic mass is 10.1. The molecular weight excluding hydrogens is 461 g/mol. The number of benzene rings is 1. The molecule has 0 aliphatic carbocycles. The van der Waals surface area contributed by atoms with Crippen LogP contribution in [0.1, 0.15) is 29.3 Å². The Labute approximate surface area is 184 Å². The summed E-state index contributed by atoms with van der Waals surface area (Å²) in [5.74, 6) is 0.837. The van der Waals surface area contributed by atoms with Crippen molar-refractivity contribution in [1.29, 1.82) is 0 Å². The van der Waals surface area contributed by atoms with Crippen LogP contribution in [0.2, 0.25) is 0 Å². The Morgan fingerprint density at radius 1 is 1.07 bits per heavy atom. The third kappa shape index (κ3) is 5.70. The van der Waals surface area contributed by atoms with E-state index in [1.165, 1.54) is 27.6 Å². The maximum absolute atomic E-state index is 4.34. The summed E-state index contributed by atoms with van der Waals surface area (Å²) >= 11 is 0. The predicted molar refractivity (Wildman–Crippen MR) is 129 cm³/mol. The highest BCUT2D eigenvalue weighted by atomic mass is 127. The summed E-state index contributed by atoms with van der Waals surface area (Å²) in [6.07, 6.45) is 7.00. The third-order valence-electron chi connectivity index (χ3n) is 4.86. The van der Waals surface area contributed by atoms with E-state index in [2.05, 4.69) is 63.0 Å². The molecule has 0 saturated heterocycles. The standard InChI is InChI=1S/C22H29N5.HI/c1-4-18-6-5-7-20-19(15-27-21(18)20)11-13-25-22(23-3)24-12-10-17-9-8-16(2)26-14-17;/h5-9,14-15,27H,4,10-13H2,1-3H3,(H2,23,24,25);1H. The molecule has 0 atom stereocenters. The van der Waals surface area contributed by atoms with Crippen LogP contribution in [0, 0.1) is 6.92 Å². The number of aromatic amines is 1. The minimum Gasteiger partial charge on any atom is -0.361 e. The normalized spacial score (nSPS) is 11.3. The van der Waals surface area contributed by atoms with Crippen LogP contribution >= 0.6 is 24.0 Å². The van der Waals surface area contributed by atoms with E-state index in [1.54, 1.807) is 0 Å². The minimum atomic E-state index is 0. The Balaban J connectivity index is 0.00000280. The lowest BCUT2D eigenvalue weighted by Crippen LogP contribution is -2.39. The number of aliphatic imine (C=N–C) groups is 1. The van der Waals surface area contributed by atoms with Crippen LogP contribution in [-0.2, 0) is 19.3 Å². The maximum Gasteiger partial charge on any atom is 0.190 e. The van der Waals surface area contributed by atoms with E-state index in [9.17, 15) is 0 Å². The van der Waals surface area contributed by atoms with Gasteiger partial charge in [-0.05, 0) is 48.9 Å². The maximum atomic E-state index is 4.34. The van der Waals surface area contributed by atoms with Crippen LogP contribution in [0.25, 0.3) is 10.9 Å². The topological polar surface area (TPSA) is 65.1 Å². The largest absolute Gasteiger partial charge is 0.361 e. The van der Waals surface area contributed by atoms with E-state index in [0.717, 1.165) is 44.0 Å². The van der Waals surface area contributed by atoms with Crippen molar-refractivity contribution < 1.29 is 0 Å². The van der Waals surface area contributed by atoms with Gasteiger partial charge < -0.3 is 15.6 Å². The number of pyridine rings is 1. The fraction of sp³-hybridized carbons (Fsp3) is 0.364. The molecule has 0 fully saturated rings. The number of aryl methyl sites for hydroxylation is 2. The average molecular weight is 491 g/mol. The number of aromatic nitrogens is 2. The zero-order valence-electron chi connectivity index (χ0n) is 16.9. The second kappa shape index (κ2) is 11.0. The zero-order valence-corrected chi connectivity index (χ0v) is 19.2. The van der Waals surface area contributed by atoms with Gasteiger partial charge in [0.15, 0.2) is 5.96 Å². The van der Waals surface area contributed by atoms with Gasteiger partial charge >= 0.3 is 0 Å². The molecule has 1 aromatic carbocycles. The Hall–Kier alpha value is -2.09. The molecule has 0 saturated carbocycles. The van der Waals surface area contributed by atoms with Crippen LogP contribution in [0.4, 0.5) is 0 Å². The molecule has 0 spiro atoms. The summed E-state index contributed by atoms with van der Waals surface area (Å²) in [4.78, 5) is 12.1. The zero-order chi connectivity index (χ0) is 19.1. The van der Waals surface area contributed by atoms with E-state index in [-0.39, 0.29) is 24.0 Å². The first-order valence-corrected chi connectivity index (χ1v) is 9.65. The van der Waals surface area contributed by atoms with Crippen molar-refractivity contribution in [3.8, 4) is 0 Å². The molecule has 0 radical (unpaired) electrons. The predicted octanol–water partition coefficient (Wildman–Crippen LogP) is 4.00. The van der Waals surface area contributed by atoms with E-state index in [4.69, 9.17) is 0 Å². The highest BCUT2D eigenvalue weighted by Crippen LogP contribution is 2.22. The SMILES string of the molecule is CCc1cccc2c(CCNC(=NC)NCCc3ccc(C)nc3)c[nH]c12.I. The van der Waals surface area contributed by atoms with E-state index in [1.807, 2.05) is 26.2 Å². The van der Waals surface area contributed by atoms with Gasteiger partial charge in [-0.2, -0.15) is 0 Å². The number of guanidine groups is 1. The van der Waals surface area contributed by atoms with Gasteiger partial charge in [-0.25, -0.2) is 0 Å². The molecule has 2 aromatic heterocycles. The lowest BCUT2D eigenvalue weighted by Gasteiger charge is -2.11. The summed E-state index contributed by atoms with van der Waals surface area (Å²) in [5, 5.41) is 8.10. The van der Waals surface area contributed by atoms with E-state index in [0.29, 0.717) is 0 Å². The van der Waals surface area contributed by atoms with Crippen LogP contribution < -0.4 is 10.6 Å². The van der Waals surface area contributed by atoms with Gasteiger partial charge in [0.05, 0.1) is 0 Å². The van der Waals surface area contributed by atoms with Gasteiger partial charge in [-0.3, -0.25) is 9.98 Å². The Kier molecular flexibility index (Phi) is 8.76. The number of hydrogen-bond acceptors (Lipinski definition) is 2. The molecule has 0 aliphatic heterocycles. The first-order valence-electron chi connectivity index (χ1n) is 9.65. The van der Waals surface area contributed by atoms with Crippen molar-refractivity contribution in [2.24, 2.45) is 4.99 Å². The van der Waals surface area contributed by atoms with Crippen molar-refractivity contribution in [2.45, 2.75) is 33.1 Å². The van der Waals surface area contributed by atoms with Crippen LogP contribution in [0.15, 0.2) is 47.7 Å². The first-order chi connectivity index (χ1) is 13.2. The molecule has 2 heterocycles. The van der Waals surface area contributed by atoms with Crippen molar-refractivity contribution in [3.63, 3.8) is 0 Å². The highest BCUT2D eigenvalue weighted by Gasteiger charge is 2.06. The molecular formula is C22H30IN5. The quantitative estimate of drug-likeness (QED) is 0.266. The second-order valence-electron chi connectivity index (χ2n) is 6.74. The number of rotatable bonds is 7. The summed E-state index contributed by atoms with van der Waals surface area (Å²) in [6, 6.07) is 10.7. The summed E-state index contributed by atoms with van der Waals surface area (Å²) in [6.45, 7) is 5.87. The van der Waals surface area contributed by atoms with Crippen LogP contribution in [-0.4, -0.2) is 36.1 Å². The number of halogens is 1. The fourth-order valence-electron chi connectivity index (χ4n) is 3.28. The smallest absolute Gasteiger partial charge is 0.190 e. The average Bonchev–Trinajstić information content (AvgIpc) is 3.11. The fourth-order valence-corrected chi connectivity index (χ4v) is 3.28. The molecule has 28 heavy (non-hydrogen) atoms. The Morgan fingerprint density at radius 3 is 2.54 bits per heavy atom. The van der Waals surface area contributed by atoms with E-state index >= 15 is 0 Å². The molecule has 3 aromatic rings. The molecule has 0 amide bonds. The number of hydrogen-bond donors (Lipinski definition) is 3. The third-order valence-corrected chi connectivity index (χ3v) is 4.86. The number of para-hydroxylation sites is 1. The monoisotopic (exact) mass is 491 g/mol. The molecule has 0 bridgehead atoms. The molecule has 6 heteroatoms. The highest BCUT2D eigenvalue weighted by molar-refractivity contribution is 14.0. The number of H-pyrrole nitrogens is 1.